The van der Waals surface area contributed by atoms with Gasteiger partial charge in [-0.3, -0.25) is 4.79 Å². The molecule has 1 N–H and O–H groups in total. The van der Waals surface area contributed by atoms with Gasteiger partial charge in [-0.2, -0.15) is 0 Å². The molecule has 0 amide bonds. The number of hydrogen-bond donors (Lipinski definition) is 1. The number of phenols is 1. The van der Waals surface area contributed by atoms with Gasteiger partial charge in [-0.25, -0.2) is 9.67 Å². The van der Waals surface area contributed by atoms with Crippen molar-refractivity contribution in [1.29, 1.82) is 0 Å². The van der Waals surface area contributed by atoms with E-state index in [4.69, 9.17) is 5.11 Å². The molecule has 1 aromatic heterocycles. The number of carbonyl (C=O) groups excluding carboxylic acids is 1. The zero-order valence-electron chi connectivity index (χ0n) is 7.16. The smallest absolute Gasteiger partial charge is 0.214 e. The van der Waals surface area contributed by atoms with E-state index >= 15 is 0 Å². The highest BCUT2D eigenvalue weighted by atomic mass is 16.3. The summed E-state index contributed by atoms with van der Waals surface area (Å²) in [5.74, 6) is 0.322. The Morgan fingerprint density at radius 2 is 2.00 bits per heavy atom. The van der Waals surface area contributed by atoms with Crippen molar-refractivity contribution in [2.24, 2.45) is 0 Å². The Hall–Kier alpha value is -2.17. The van der Waals surface area contributed by atoms with Gasteiger partial charge >= 0.3 is 0 Å². The highest BCUT2D eigenvalue weighted by Crippen LogP contribution is 2.12. The summed E-state index contributed by atoms with van der Waals surface area (Å²) in [4.78, 5) is 14.1. The lowest BCUT2D eigenvalue weighted by atomic mass is 10.3. The average Bonchev–Trinajstić information content (AvgIpc) is 2.67. The first-order chi connectivity index (χ1) is 6.79. The lowest BCUT2D eigenvalue weighted by molar-refractivity contribution is 0.111. The molecule has 0 saturated carbocycles. The minimum atomic E-state index is 0.137. The quantitative estimate of drug-likeness (QED) is 0.709. The van der Waals surface area contributed by atoms with E-state index in [1.54, 1.807) is 12.1 Å². The predicted octanol–water partition coefficient (Wildman–Crippen LogP) is 0.785. The van der Waals surface area contributed by atoms with Crippen LogP contribution in [0.5, 0.6) is 5.75 Å². The van der Waals surface area contributed by atoms with Gasteiger partial charge in [0, 0.05) is 0 Å². The number of aldehydes is 1. The van der Waals surface area contributed by atoms with Crippen LogP contribution in [0.1, 0.15) is 10.6 Å². The Morgan fingerprint density at radius 1 is 1.29 bits per heavy atom. The summed E-state index contributed by atoms with van der Waals surface area (Å²) in [5, 5.41) is 12.9. The molecule has 0 spiro atoms. The van der Waals surface area contributed by atoms with Crippen LogP contribution in [0, 0.1) is 0 Å². The number of nitrogens with zero attached hydrogens (tertiary/aromatic N) is 3. The van der Waals surface area contributed by atoms with Gasteiger partial charge in [-0.15, -0.1) is 5.10 Å². The minimum Gasteiger partial charge on any atom is -0.508 e. The van der Waals surface area contributed by atoms with Crippen LogP contribution >= 0.6 is 0 Å². The molecule has 0 fully saturated rings. The van der Waals surface area contributed by atoms with Gasteiger partial charge in [0.25, 0.3) is 0 Å². The molecule has 0 bridgehead atoms. The van der Waals surface area contributed by atoms with Gasteiger partial charge < -0.3 is 5.11 Å². The first-order valence-corrected chi connectivity index (χ1v) is 3.96. The van der Waals surface area contributed by atoms with E-state index in [1.165, 1.54) is 23.1 Å². The molecule has 0 aliphatic heterocycles. The van der Waals surface area contributed by atoms with E-state index in [9.17, 15) is 4.79 Å². The molecule has 0 aliphatic carbocycles. The first-order valence-electron chi connectivity index (χ1n) is 3.96. The van der Waals surface area contributed by atoms with Gasteiger partial charge in [0.05, 0.1) is 5.69 Å². The van der Waals surface area contributed by atoms with Crippen LogP contribution in [0.3, 0.4) is 0 Å². The summed E-state index contributed by atoms with van der Waals surface area (Å²) in [6, 6.07) is 6.44. The molecular weight excluding hydrogens is 182 g/mol. The van der Waals surface area contributed by atoms with Crippen molar-refractivity contribution in [1.82, 2.24) is 14.8 Å². The van der Waals surface area contributed by atoms with Crippen LogP contribution < -0.4 is 0 Å². The van der Waals surface area contributed by atoms with Gasteiger partial charge in [0.1, 0.15) is 12.1 Å². The summed E-state index contributed by atoms with van der Waals surface area (Å²) in [7, 11) is 0. The molecule has 0 radical (unpaired) electrons. The van der Waals surface area contributed by atoms with Gasteiger partial charge in [0.15, 0.2) is 6.29 Å². The summed E-state index contributed by atoms with van der Waals surface area (Å²) in [6.45, 7) is 0. The van der Waals surface area contributed by atoms with Crippen LogP contribution in [-0.2, 0) is 0 Å². The van der Waals surface area contributed by atoms with Crippen LogP contribution in [-0.4, -0.2) is 26.2 Å². The molecule has 0 aliphatic rings. The molecule has 5 heteroatoms. The SMILES string of the molecule is O=Cc1ncn(-c2ccc(O)cc2)n1. The maximum Gasteiger partial charge on any atom is 0.214 e. The standard InChI is InChI=1S/C9H7N3O2/c13-5-9-10-6-12(11-9)7-1-3-8(14)4-2-7/h1-6,14H. The Labute approximate surface area is 79.6 Å². The van der Waals surface area contributed by atoms with Crippen LogP contribution in [0.25, 0.3) is 5.69 Å². The van der Waals surface area contributed by atoms with Gasteiger partial charge in [-0.05, 0) is 24.3 Å². The number of aromatic hydroxyl groups is 1. The lowest BCUT2D eigenvalue weighted by Crippen LogP contribution is -1.94. The van der Waals surface area contributed by atoms with Crippen molar-refractivity contribution in [3.05, 3.63) is 36.4 Å². The molecule has 2 aromatic rings. The Balaban J connectivity index is 2.39. The van der Waals surface area contributed by atoms with Gasteiger partial charge in [0.2, 0.25) is 5.82 Å². The minimum absolute atomic E-state index is 0.137. The van der Waals surface area contributed by atoms with Crippen molar-refractivity contribution < 1.29 is 9.90 Å². The topological polar surface area (TPSA) is 68.0 Å². The van der Waals surface area contributed by atoms with Crippen molar-refractivity contribution in [2.45, 2.75) is 0 Å². The van der Waals surface area contributed by atoms with Crippen molar-refractivity contribution in [2.75, 3.05) is 0 Å². The zero-order valence-corrected chi connectivity index (χ0v) is 7.16. The Morgan fingerprint density at radius 3 is 2.57 bits per heavy atom. The molecule has 0 saturated heterocycles. The second-order valence-corrected chi connectivity index (χ2v) is 2.68. The molecule has 0 atom stereocenters. The third-order valence-corrected chi connectivity index (χ3v) is 1.73. The number of aromatic nitrogens is 3. The fraction of sp³-hybridized carbons (Fsp3) is 0. The first kappa shape index (κ1) is 8.43. The van der Waals surface area contributed by atoms with E-state index in [0.29, 0.717) is 6.29 Å². The summed E-state index contributed by atoms with van der Waals surface area (Å²) in [5.41, 5.74) is 0.739. The Kier molecular flexibility index (Phi) is 1.98. The summed E-state index contributed by atoms with van der Waals surface area (Å²) in [6.07, 6.45) is 2.02. The maximum atomic E-state index is 10.3. The molecule has 1 heterocycles. The molecule has 70 valence electrons. The number of phenolic OH excluding ortho intramolecular Hbond substituents is 1. The van der Waals surface area contributed by atoms with Crippen LogP contribution in [0.4, 0.5) is 0 Å². The monoisotopic (exact) mass is 189 g/mol. The second-order valence-electron chi connectivity index (χ2n) is 2.68. The zero-order chi connectivity index (χ0) is 9.97. The highest BCUT2D eigenvalue weighted by molar-refractivity contribution is 5.68. The summed E-state index contributed by atoms with van der Waals surface area (Å²) >= 11 is 0. The fourth-order valence-electron chi connectivity index (χ4n) is 1.06. The highest BCUT2D eigenvalue weighted by Gasteiger charge is 2.00. The molecule has 1 aromatic carbocycles. The number of rotatable bonds is 2. The van der Waals surface area contributed by atoms with Crippen LogP contribution in [0.15, 0.2) is 30.6 Å². The predicted molar refractivity (Wildman–Crippen MR) is 48.4 cm³/mol. The number of hydrogen-bond acceptors (Lipinski definition) is 4. The number of carbonyl (C=O) groups is 1. The maximum absolute atomic E-state index is 10.3. The van der Waals surface area contributed by atoms with E-state index in [1.807, 2.05) is 0 Å². The largest absolute Gasteiger partial charge is 0.508 e. The van der Waals surface area contributed by atoms with Gasteiger partial charge in [-0.1, -0.05) is 0 Å². The molecule has 14 heavy (non-hydrogen) atoms. The molecule has 0 unspecified atom stereocenters. The van der Waals surface area contributed by atoms with E-state index in [2.05, 4.69) is 10.1 Å². The van der Waals surface area contributed by atoms with Crippen molar-refractivity contribution in [3.8, 4) is 11.4 Å². The third kappa shape index (κ3) is 1.47. The second kappa shape index (κ2) is 3.29. The fourth-order valence-corrected chi connectivity index (χ4v) is 1.06. The lowest BCUT2D eigenvalue weighted by Gasteiger charge is -1.98. The van der Waals surface area contributed by atoms with E-state index in [-0.39, 0.29) is 11.6 Å². The molecule has 2 rings (SSSR count). The molecule has 5 nitrogen and oxygen atoms in total. The van der Waals surface area contributed by atoms with Crippen molar-refractivity contribution in [3.63, 3.8) is 0 Å². The van der Waals surface area contributed by atoms with E-state index in [0.717, 1.165) is 5.69 Å². The Bertz CT molecular complexity index is 447. The normalized spacial score (nSPS) is 10.0. The molecular formula is C9H7N3O2. The third-order valence-electron chi connectivity index (χ3n) is 1.73. The van der Waals surface area contributed by atoms with E-state index < -0.39 is 0 Å². The summed E-state index contributed by atoms with van der Waals surface area (Å²) < 4.78 is 1.46. The average molecular weight is 189 g/mol. The van der Waals surface area contributed by atoms with Crippen LogP contribution in [0.2, 0.25) is 0 Å². The van der Waals surface area contributed by atoms with Crippen molar-refractivity contribution >= 4 is 6.29 Å². The number of benzene rings is 1.